The van der Waals surface area contributed by atoms with Crippen LogP contribution in [0.5, 0.6) is 5.75 Å². The lowest BCUT2D eigenvalue weighted by Crippen LogP contribution is -1.98. The molecule has 0 spiro atoms. The Morgan fingerprint density at radius 3 is 2.79 bits per heavy atom. The van der Waals surface area contributed by atoms with E-state index < -0.39 is 0 Å². The third kappa shape index (κ3) is 4.24. The Labute approximate surface area is 116 Å². The van der Waals surface area contributed by atoms with E-state index in [4.69, 9.17) is 4.74 Å². The van der Waals surface area contributed by atoms with E-state index in [1.807, 2.05) is 12.1 Å². The van der Waals surface area contributed by atoms with Crippen LogP contribution in [0.3, 0.4) is 0 Å². The van der Waals surface area contributed by atoms with Crippen molar-refractivity contribution in [1.29, 1.82) is 0 Å². The first-order chi connectivity index (χ1) is 9.31. The molecule has 0 aromatic heterocycles. The number of benzene rings is 1. The van der Waals surface area contributed by atoms with Crippen molar-refractivity contribution in [3.63, 3.8) is 0 Å². The summed E-state index contributed by atoms with van der Waals surface area (Å²) in [5, 5.41) is 9.75. The molecule has 0 saturated carbocycles. The van der Waals surface area contributed by atoms with Gasteiger partial charge in [-0.25, -0.2) is 0 Å². The first-order valence-electron chi connectivity index (χ1n) is 7.75. The van der Waals surface area contributed by atoms with E-state index in [-0.39, 0.29) is 6.10 Å². The molecule has 2 rings (SSSR count). The van der Waals surface area contributed by atoms with E-state index in [0.717, 1.165) is 37.2 Å². The van der Waals surface area contributed by atoms with Crippen molar-refractivity contribution in [2.75, 3.05) is 6.61 Å². The predicted octanol–water partition coefficient (Wildman–Crippen LogP) is 4.41. The molecule has 19 heavy (non-hydrogen) atoms. The molecule has 0 aliphatic heterocycles. The van der Waals surface area contributed by atoms with Gasteiger partial charge in [-0.3, -0.25) is 0 Å². The molecule has 2 nitrogen and oxygen atoms in total. The van der Waals surface area contributed by atoms with Crippen LogP contribution in [0.25, 0.3) is 0 Å². The van der Waals surface area contributed by atoms with Crippen molar-refractivity contribution in [2.45, 2.75) is 64.4 Å². The second kappa shape index (κ2) is 7.54. The first kappa shape index (κ1) is 14.4. The van der Waals surface area contributed by atoms with Crippen LogP contribution in [0, 0.1) is 0 Å². The highest BCUT2D eigenvalue weighted by Gasteiger charge is 2.20. The molecule has 1 aromatic rings. The topological polar surface area (TPSA) is 29.5 Å². The van der Waals surface area contributed by atoms with Crippen LogP contribution in [-0.2, 0) is 6.42 Å². The fourth-order valence-electron chi connectivity index (χ4n) is 2.73. The summed E-state index contributed by atoms with van der Waals surface area (Å²) in [6, 6.07) is 6.11. The Morgan fingerprint density at radius 2 is 1.95 bits per heavy atom. The quantitative estimate of drug-likeness (QED) is 0.703. The average molecular weight is 262 g/mol. The zero-order valence-electron chi connectivity index (χ0n) is 12.0. The fraction of sp³-hybridized carbons (Fsp3) is 0.647. The number of hydrogen-bond acceptors (Lipinski definition) is 2. The second-order valence-electron chi connectivity index (χ2n) is 5.53. The number of fused-ring (bicyclic) bond motifs is 1. The van der Waals surface area contributed by atoms with Gasteiger partial charge >= 0.3 is 0 Å². The predicted molar refractivity (Wildman–Crippen MR) is 78.6 cm³/mol. The maximum atomic E-state index is 9.75. The molecular formula is C17H26O2. The van der Waals surface area contributed by atoms with E-state index in [1.54, 1.807) is 0 Å². The van der Waals surface area contributed by atoms with Crippen molar-refractivity contribution in [3.8, 4) is 5.75 Å². The molecule has 0 fully saturated rings. The Hall–Kier alpha value is -1.02. The second-order valence-corrected chi connectivity index (χ2v) is 5.53. The summed E-state index contributed by atoms with van der Waals surface area (Å²) in [5.41, 5.74) is 2.35. The summed E-state index contributed by atoms with van der Waals surface area (Å²) in [6.07, 6.45) is 9.32. The molecule has 0 radical (unpaired) electrons. The average Bonchev–Trinajstić information content (AvgIpc) is 2.79. The van der Waals surface area contributed by atoms with Crippen LogP contribution in [0.1, 0.15) is 69.1 Å². The smallest absolute Gasteiger partial charge is 0.119 e. The number of aliphatic hydroxyl groups is 1. The Balaban J connectivity index is 1.67. The zero-order valence-corrected chi connectivity index (χ0v) is 12.0. The summed E-state index contributed by atoms with van der Waals surface area (Å²) in [7, 11) is 0. The molecule has 106 valence electrons. The molecule has 1 atom stereocenters. The highest BCUT2D eigenvalue weighted by molar-refractivity contribution is 5.39. The van der Waals surface area contributed by atoms with E-state index in [0.29, 0.717) is 0 Å². The number of unbranched alkanes of at least 4 members (excludes halogenated alkanes) is 5. The summed E-state index contributed by atoms with van der Waals surface area (Å²) in [5.74, 6) is 0.960. The minimum absolute atomic E-state index is 0.261. The summed E-state index contributed by atoms with van der Waals surface area (Å²) in [4.78, 5) is 0. The lowest BCUT2D eigenvalue weighted by Gasteiger charge is -2.09. The molecule has 1 aromatic carbocycles. The van der Waals surface area contributed by atoms with Gasteiger partial charge in [0.05, 0.1) is 12.7 Å². The number of hydrogen-bond donors (Lipinski definition) is 1. The minimum Gasteiger partial charge on any atom is -0.494 e. The van der Waals surface area contributed by atoms with Crippen molar-refractivity contribution >= 4 is 0 Å². The lowest BCUT2D eigenvalue weighted by molar-refractivity contribution is 0.180. The monoisotopic (exact) mass is 262 g/mol. The number of aliphatic hydroxyl groups excluding tert-OH is 1. The number of ether oxygens (including phenoxy) is 1. The van der Waals surface area contributed by atoms with Gasteiger partial charge in [-0.15, -0.1) is 0 Å². The van der Waals surface area contributed by atoms with E-state index in [2.05, 4.69) is 13.0 Å². The van der Waals surface area contributed by atoms with Gasteiger partial charge in [0.25, 0.3) is 0 Å². The van der Waals surface area contributed by atoms with Crippen LogP contribution in [-0.4, -0.2) is 11.7 Å². The van der Waals surface area contributed by atoms with Crippen LogP contribution < -0.4 is 4.74 Å². The van der Waals surface area contributed by atoms with E-state index >= 15 is 0 Å². The normalized spacial score (nSPS) is 17.5. The van der Waals surface area contributed by atoms with Gasteiger partial charge in [-0.05, 0) is 42.5 Å². The SMILES string of the molecule is CCCCCCCCOc1ccc2c(c1)CC[C@H]2O. The molecule has 1 aliphatic carbocycles. The van der Waals surface area contributed by atoms with E-state index in [9.17, 15) is 5.11 Å². The van der Waals surface area contributed by atoms with Gasteiger partial charge < -0.3 is 9.84 Å². The maximum Gasteiger partial charge on any atom is 0.119 e. The summed E-state index contributed by atoms with van der Waals surface area (Å²) in [6.45, 7) is 3.06. The van der Waals surface area contributed by atoms with Crippen molar-refractivity contribution in [2.24, 2.45) is 0 Å². The third-order valence-corrected chi connectivity index (χ3v) is 3.93. The van der Waals surface area contributed by atoms with E-state index in [1.165, 1.54) is 37.7 Å². The Bertz CT molecular complexity index is 387. The Morgan fingerprint density at radius 1 is 1.16 bits per heavy atom. The van der Waals surface area contributed by atoms with Gasteiger partial charge in [0.1, 0.15) is 5.75 Å². The van der Waals surface area contributed by atoms with Gasteiger partial charge in [0.15, 0.2) is 0 Å². The third-order valence-electron chi connectivity index (χ3n) is 3.93. The summed E-state index contributed by atoms with van der Waals surface area (Å²) < 4.78 is 5.79. The van der Waals surface area contributed by atoms with Gasteiger partial charge in [-0.1, -0.05) is 45.1 Å². The van der Waals surface area contributed by atoms with Crippen LogP contribution in [0.4, 0.5) is 0 Å². The van der Waals surface area contributed by atoms with Gasteiger partial charge in [0.2, 0.25) is 0 Å². The number of rotatable bonds is 8. The maximum absolute atomic E-state index is 9.75. The standard InChI is InChI=1S/C17H26O2/c1-2-3-4-5-6-7-12-19-15-9-10-16-14(13-15)8-11-17(16)18/h9-10,13,17-18H,2-8,11-12H2,1H3/t17-/m1/s1. The molecule has 0 amide bonds. The van der Waals surface area contributed by atoms with Gasteiger partial charge in [0, 0.05) is 0 Å². The zero-order chi connectivity index (χ0) is 13.5. The van der Waals surface area contributed by atoms with Gasteiger partial charge in [-0.2, -0.15) is 0 Å². The Kier molecular flexibility index (Phi) is 5.71. The van der Waals surface area contributed by atoms with Crippen molar-refractivity contribution in [3.05, 3.63) is 29.3 Å². The largest absolute Gasteiger partial charge is 0.494 e. The molecule has 0 bridgehead atoms. The molecule has 1 aliphatic rings. The molecule has 0 saturated heterocycles. The van der Waals surface area contributed by atoms with Crippen molar-refractivity contribution < 1.29 is 9.84 Å². The van der Waals surface area contributed by atoms with Crippen LogP contribution >= 0.6 is 0 Å². The lowest BCUT2D eigenvalue weighted by atomic mass is 10.1. The molecule has 0 heterocycles. The minimum atomic E-state index is -0.261. The van der Waals surface area contributed by atoms with Crippen LogP contribution in [0.15, 0.2) is 18.2 Å². The number of aryl methyl sites for hydroxylation is 1. The molecular weight excluding hydrogens is 236 g/mol. The highest BCUT2D eigenvalue weighted by atomic mass is 16.5. The summed E-state index contributed by atoms with van der Waals surface area (Å²) >= 11 is 0. The van der Waals surface area contributed by atoms with Crippen LogP contribution in [0.2, 0.25) is 0 Å². The highest BCUT2D eigenvalue weighted by Crippen LogP contribution is 2.33. The fourth-order valence-corrected chi connectivity index (χ4v) is 2.73. The molecule has 1 N–H and O–H groups in total. The molecule has 0 unspecified atom stereocenters. The first-order valence-corrected chi connectivity index (χ1v) is 7.75. The molecule has 2 heteroatoms. The van der Waals surface area contributed by atoms with Crippen molar-refractivity contribution in [1.82, 2.24) is 0 Å².